The molecule has 0 heterocycles. The lowest BCUT2D eigenvalue weighted by Gasteiger charge is -2.43. The molecule has 3 amide bonds. The first-order chi connectivity index (χ1) is 17.1. The van der Waals surface area contributed by atoms with Crippen molar-refractivity contribution in [3.63, 3.8) is 0 Å². The number of amides is 3. The van der Waals surface area contributed by atoms with Gasteiger partial charge in [-0.3, -0.25) is 9.69 Å². The number of carbonyl (C=O) groups excluding carboxylic acids is 2. The second-order valence-corrected chi connectivity index (χ2v) is 9.02. The molecule has 1 fully saturated rings. The van der Waals surface area contributed by atoms with E-state index >= 15 is 0 Å². The van der Waals surface area contributed by atoms with E-state index in [1.165, 1.54) is 5.56 Å². The van der Waals surface area contributed by atoms with Gasteiger partial charge in [-0.15, -0.1) is 4.36 Å². The van der Waals surface area contributed by atoms with Crippen LogP contribution in [0.1, 0.15) is 41.6 Å². The molecule has 0 spiro atoms. The highest BCUT2D eigenvalue weighted by Gasteiger charge is 2.40. The van der Waals surface area contributed by atoms with E-state index in [9.17, 15) is 9.59 Å². The summed E-state index contributed by atoms with van der Waals surface area (Å²) in [6, 6.07) is 26.6. The van der Waals surface area contributed by atoms with E-state index in [4.69, 9.17) is 17.2 Å². The van der Waals surface area contributed by atoms with Crippen LogP contribution in [0.4, 0.5) is 10.5 Å². The summed E-state index contributed by atoms with van der Waals surface area (Å²) >= 11 is 4.76. The molecule has 0 bridgehead atoms. The number of benzene rings is 3. The lowest BCUT2D eigenvalue weighted by Crippen LogP contribution is -2.48. The fraction of sp³-hybridized carbons (Fsp3) is 0.286. The van der Waals surface area contributed by atoms with Crippen molar-refractivity contribution in [1.29, 1.82) is 0 Å². The van der Waals surface area contributed by atoms with Crippen LogP contribution in [-0.4, -0.2) is 31.6 Å². The van der Waals surface area contributed by atoms with Gasteiger partial charge in [0.2, 0.25) is 0 Å². The second-order valence-electron chi connectivity index (χ2n) is 8.84. The summed E-state index contributed by atoms with van der Waals surface area (Å²) in [5.41, 5.74) is 2.25. The van der Waals surface area contributed by atoms with Gasteiger partial charge in [-0.2, -0.15) is 0 Å². The number of ether oxygens (including phenoxy) is 1. The number of hydrogen-bond donors (Lipinski definition) is 1. The molecule has 1 N–H and O–H groups in total. The molecule has 0 aromatic heterocycles. The van der Waals surface area contributed by atoms with Crippen molar-refractivity contribution < 1.29 is 14.3 Å². The molecule has 180 valence electrons. The van der Waals surface area contributed by atoms with E-state index in [2.05, 4.69) is 21.8 Å². The quantitative estimate of drug-likeness (QED) is 0.467. The Morgan fingerprint density at radius 1 is 0.971 bits per heavy atom. The zero-order valence-corrected chi connectivity index (χ0v) is 20.5. The van der Waals surface area contributed by atoms with Gasteiger partial charge in [-0.25, -0.2) is 4.79 Å². The highest BCUT2D eigenvalue weighted by atomic mass is 32.1. The highest BCUT2D eigenvalue weighted by molar-refractivity contribution is 7.47. The molecule has 0 atom stereocenters. The Kier molecular flexibility index (Phi) is 7.87. The van der Waals surface area contributed by atoms with Crippen molar-refractivity contribution in [1.82, 2.24) is 5.32 Å². The smallest absolute Gasteiger partial charge is 0.359 e. The Labute approximate surface area is 211 Å². The second kappa shape index (κ2) is 11.2. The van der Waals surface area contributed by atoms with E-state index in [1.54, 1.807) is 24.1 Å². The van der Waals surface area contributed by atoms with Crippen LogP contribution >= 0.6 is 0 Å². The summed E-state index contributed by atoms with van der Waals surface area (Å²) < 4.78 is 8.91. The molecule has 3 aromatic carbocycles. The summed E-state index contributed by atoms with van der Waals surface area (Å²) in [5, 5.41) is 3.16. The number of urea groups is 1. The predicted molar refractivity (Wildman–Crippen MR) is 140 cm³/mol. The zero-order valence-electron chi connectivity index (χ0n) is 19.7. The molecule has 7 heteroatoms. The van der Waals surface area contributed by atoms with Gasteiger partial charge in [0, 0.05) is 36.1 Å². The predicted octanol–water partition coefficient (Wildman–Crippen LogP) is 5.66. The van der Waals surface area contributed by atoms with Crippen molar-refractivity contribution >= 4 is 30.1 Å². The molecule has 3 aromatic rings. The Morgan fingerprint density at radius 3 is 2.20 bits per heavy atom. The molecule has 0 aliphatic heterocycles. The summed E-state index contributed by atoms with van der Waals surface area (Å²) in [6.45, 7) is 0.491. The van der Waals surface area contributed by atoms with Gasteiger partial charge in [0.05, 0.1) is 12.7 Å². The molecule has 0 saturated heterocycles. The number of carbonyl (C=O) groups is 2. The van der Waals surface area contributed by atoms with Crippen LogP contribution in [0.15, 0.2) is 89.3 Å². The first-order valence-electron chi connectivity index (χ1n) is 11.8. The van der Waals surface area contributed by atoms with E-state index in [0.717, 1.165) is 31.4 Å². The maximum atomic E-state index is 13.1. The van der Waals surface area contributed by atoms with Gasteiger partial charge < -0.3 is 10.1 Å². The maximum Gasteiger partial charge on any atom is 0.359 e. The summed E-state index contributed by atoms with van der Waals surface area (Å²) in [4.78, 5) is 27.4. The summed E-state index contributed by atoms with van der Waals surface area (Å²) in [5.74, 6) is 0.387. The minimum atomic E-state index is -0.409. The number of methoxy groups -OCH3 is 1. The lowest BCUT2D eigenvalue weighted by molar-refractivity contribution is 0.0932. The number of anilines is 1. The van der Waals surface area contributed by atoms with Gasteiger partial charge in [-0.05, 0) is 55.5 Å². The molecule has 0 unspecified atom stereocenters. The van der Waals surface area contributed by atoms with Crippen LogP contribution in [-0.2, 0) is 17.8 Å². The third-order valence-electron chi connectivity index (χ3n) is 6.92. The van der Waals surface area contributed by atoms with Crippen LogP contribution in [0.2, 0.25) is 0 Å². The minimum absolute atomic E-state index is 0.0154. The topological polar surface area (TPSA) is 71.0 Å². The van der Waals surface area contributed by atoms with Crippen molar-refractivity contribution in [3.05, 3.63) is 96.1 Å². The molecule has 35 heavy (non-hydrogen) atoms. The van der Waals surface area contributed by atoms with E-state index in [1.807, 2.05) is 60.7 Å². The van der Waals surface area contributed by atoms with Gasteiger partial charge >= 0.3 is 6.03 Å². The van der Waals surface area contributed by atoms with Gasteiger partial charge in [0.1, 0.15) is 5.75 Å². The van der Waals surface area contributed by atoms with E-state index < -0.39 is 6.03 Å². The molecule has 1 saturated carbocycles. The molecular weight excluding hydrogens is 458 g/mol. The van der Waals surface area contributed by atoms with E-state index in [0.29, 0.717) is 17.9 Å². The third kappa shape index (κ3) is 5.41. The molecule has 4 rings (SSSR count). The number of hydrogen-bond acceptors (Lipinski definition) is 4. The van der Waals surface area contributed by atoms with Gasteiger partial charge in [0.25, 0.3) is 5.91 Å². The largest absolute Gasteiger partial charge is 0.496 e. The summed E-state index contributed by atoms with van der Waals surface area (Å²) in [7, 11) is 1.56. The first-order valence-corrected chi connectivity index (χ1v) is 12.1. The molecule has 1 aliphatic carbocycles. The number of nitrogens with one attached hydrogen (secondary N) is 1. The van der Waals surface area contributed by atoms with E-state index in [-0.39, 0.29) is 17.4 Å². The Balaban J connectivity index is 1.55. The van der Waals surface area contributed by atoms with Crippen molar-refractivity contribution in [2.45, 2.75) is 37.1 Å². The monoisotopic (exact) mass is 487 g/mol. The van der Waals surface area contributed by atoms with Crippen molar-refractivity contribution in [2.24, 2.45) is 4.36 Å². The maximum absolute atomic E-state index is 13.1. The fourth-order valence-corrected chi connectivity index (χ4v) is 5.15. The normalized spacial score (nSPS) is 19.4. The van der Waals surface area contributed by atoms with Gasteiger partial charge in [-0.1, -0.05) is 60.7 Å². The third-order valence-corrected chi connectivity index (χ3v) is 7.08. The number of nitrogens with zero attached hydrogens (tertiary/aromatic N) is 2. The molecule has 1 aliphatic rings. The summed E-state index contributed by atoms with van der Waals surface area (Å²) in [6.07, 6.45) is 3.15. The van der Waals surface area contributed by atoms with Crippen LogP contribution in [0.25, 0.3) is 0 Å². The van der Waals surface area contributed by atoms with Crippen LogP contribution < -0.4 is 15.0 Å². The SMILES string of the molecule is COc1ccccc1C(=O)NC[C@]1(c2ccccc2)CC[C@@H](N(C(=O)N=S)c2ccccc2)CC1. The molecule has 6 nitrogen and oxygen atoms in total. The Morgan fingerprint density at radius 2 is 1.57 bits per heavy atom. The Hall–Kier alpha value is -3.58. The van der Waals surface area contributed by atoms with Crippen LogP contribution in [0.3, 0.4) is 0 Å². The van der Waals surface area contributed by atoms with Crippen molar-refractivity contribution in [2.75, 3.05) is 18.6 Å². The fourth-order valence-electron chi connectivity index (χ4n) is 5.06. The zero-order chi connectivity index (χ0) is 24.7. The number of rotatable bonds is 7. The average Bonchev–Trinajstić information content (AvgIpc) is 2.93. The van der Waals surface area contributed by atoms with Gasteiger partial charge in [0.15, 0.2) is 0 Å². The van der Waals surface area contributed by atoms with Crippen molar-refractivity contribution in [3.8, 4) is 5.75 Å². The molecule has 0 radical (unpaired) electrons. The minimum Gasteiger partial charge on any atom is -0.496 e. The standard InChI is InChI=1S/C28H29N3O3S/c1-34-25-15-9-8-14-24(25)26(32)29-20-28(21-10-4-2-5-11-21)18-16-23(17-19-28)31(27(33)30-35)22-12-6-3-7-13-22/h2-15,23H,16-20H2,1H3,(H,29,32)/t23-,28+. The number of para-hydroxylation sites is 2. The Bertz CT molecular complexity index is 1160. The lowest BCUT2D eigenvalue weighted by atomic mass is 9.67. The first kappa shape index (κ1) is 24.5. The van der Waals surface area contributed by atoms with Crippen LogP contribution in [0, 0.1) is 0 Å². The van der Waals surface area contributed by atoms with Crippen LogP contribution in [0.5, 0.6) is 5.75 Å². The average molecular weight is 488 g/mol. The highest BCUT2D eigenvalue weighted by Crippen LogP contribution is 2.41. The molecular formula is C28H29N3O3S.